The smallest absolute Gasteiger partial charge is 0.245 e. The van der Waals surface area contributed by atoms with Gasteiger partial charge in [0.25, 0.3) is 0 Å². The summed E-state index contributed by atoms with van der Waals surface area (Å²) in [4.78, 5) is 62.4. The van der Waals surface area contributed by atoms with Crippen molar-refractivity contribution in [3.8, 4) is 17.1 Å². The van der Waals surface area contributed by atoms with Gasteiger partial charge in [0.05, 0.1) is 18.8 Å². The van der Waals surface area contributed by atoms with Crippen molar-refractivity contribution in [1.29, 1.82) is 0 Å². The van der Waals surface area contributed by atoms with E-state index in [2.05, 4.69) is 25.9 Å². The minimum absolute atomic E-state index is 0.142. The summed E-state index contributed by atoms with van der Waals surface area (Å²) in [5.41, 5.74) is 16.7. The highest BCUT2D eigenvalue weighted by atomic mass is 32.2. The third-order valence-corrected chi connectivity index (χ3v) is 11.2. The molecule has 8 N–H and O–H groups in total. The summed E-state index contributed by atoms with van der Waals surface area (Å²) in [7, 11) is 3.19. The molecule has 0 spiro atoms. The molecule has 0 bridgehead atoms. The van der Waals surface area contributed by atoms with E-state index in [0.29, 0.717) is 63.3 Å². The largest absolute Gasteiger partial charge is 0.481 e. The Labute approximate surface area is 331 Å². The zero-order valence-electron chi connectivity index (χ0n) is 31.8. The second-order valence-electron chi connectivity index (χ2n) is 13.8. The van der Waals surface area contributed by atoms with Crippen molar-refractivity contribution in [3.05, 3.63) is 96.1 Å². The van der Waals surface area contributed by atoms with E-state index in [1.807, 2.05) is 54.7 Å². The molecule has 14 nitrogen and oxygen atoms in total. The average molecular weight is 779 g/mol. The molecule has 5 heterocycles. The lowest BCUT2D eigenvalue weighted by Gasteiger charge is -2.32. The normalized spacial score (nSPS) is 18.5. The molecule has 0 saturated heterocycles. The Morgan fingerprint density at radius 2 is 1.70 bits per heavy atom. The number of nitrogens with zero attached hydrogens (tertiary/aromatic N) is 4. The number of rotatable bonds is 11. The lowest BCUT2D eigenvalue weighted by atomic mass is 10.0. The van der Waals surface area contributed by atoms with Crippen LogP contribution in [0.15, 0.2) is 89.3 Å². The Kier molecular flexibility index (Phi) is 14.0. The van der Waals surface area contributed by atoms with E-state index >= 15 is 0 Å². The number of aromatic amines is 1. The molecule has 0 unspecified atom stereocenters. The number of nitrogens with one attached hydrogen (secondary N) is 4. The van der Waals surface area contributed by atoms with Gasteiger partial charge in [0, 0.05) is 78.8 Å². The number of pyridine rings is 3. The monoisotopic (exact) mass is 778 g/mol. The second-order valence-corrected chi connectivity index (χ2v) is 14.8. The van der Waals surface area contributed by atoms with Crippen molar-refractivity contribution in [3.63, 3.8) is 0 Å². The molecule has 1 aliphatic heterocycles. The first kappa shape index (κ1) is 40.3. The van der Waals surface area contributed by atoms with E-state index in [4.69, 9.17) is 26.2 Å². The van der Waals surface area contributed by atoms with E-state index in [-0.39, 0.29) is 30.7 Å². The third kappa shape index (κ3) is 9.90. The number of para-hydroxylation sites is 1. The number of unbranched alkanes of at least 4 members (excludes halogenated alkanes) is 1. The Morgan fingerprint density at radius 3 is 2.52 bits per heavy atom. The summed E-state index contributed by atoms with van der Waals surface area (Å²) in [5, 5.41) is 11.3. The number of carbonyl (C=O) groups is 3. The lowest BCUT2D eigenvalue weighted by Crippen LogP contribution is -2.57. The lowest BCUT2D eigenvalue weighted by molar-refractivity contribution is -0.142. The number of likely N-dealkylation sites (N-methyl/N-ethyl adjacent to an activating group) is 1. The number of hydrogen-bond donors (Lipinski definition) is 6. The van der Waals surface area contributed by atoms with Gasteiger partial charge in [0.2, 0.25) is 23.6 Å². The Morgan fingerprint density at radius 1 is 0.875 bits per heavy atom. The van der Waals surface area contributed by atoms with Crippen LogP contribution >= 0.6 is 11.8 Å². The van der Waals surface area contributed by atoms with Gasteiger partial charge < -0.3 is 42.0 Å². The van der Waals surface area contributed by atoms with Crippen molar-refractivity contribution in [2.24, 2.45) is 11.5 Å². The van der Waals surface area contributed by atoms with E-state index in [0.717, 1.165) is 43.1 Å². The van der Waals surface area contributed by atoms with Crippen LogP contribution in [-0.2, 0) is 33.9 Å². The minimum Gasteiger partial charge on any atom is -0.481 e. The maximum absolute atomic E-state index is 14.5. The molecular formula is C41H50N10O4S. The zero-order chi connectivity index (χ0) is 39.4. The average Bonchev–Trinajstić information content (AvgIpc) is 3.64. The van der Waals surface area contributed by atoms with Crippen LogP contribution in [0.2, 0.25) is 0 Å². The predicted molar refractivity (Wildman–Crippen MR) is 217 cm³/mol. The van der Waals surface area contributed by atoms with Gasteiger partial charge in [-0.25, -0.2) is 9.97 Å². The number of ether oxygens (including phenoxy) is 1. The first-order valence-corrected chi connectivity index (χ1v) is 19.8. The standard InChI is InChI=1S/C41H50N10O4S/c1-51-35(20-28-23-46-31-11-4-3-10-30(28)31)39(53)49-24-29-19-34(26-14-18-44-37(21-26)55-2)48-25-36(29)56-40-27(9-8-17-45-40)22-47-32(13-7-16-43)38(52)50-33(41(51)54)12-5-6-15-42/h3-4,8-11,14,17-19,21,23,25,32-33,35,46-47H,5-7,12-13,15-16,20,22,24,42-43H2,1-2H3,(H,49,53)(H,50,52)/t32-,33-,35-/m0/s1. The molecule has 3 atom stereocenters. The zero-order valence-corrected chi connectivity index (χ0v) is 32.6. The molecule has 0 fully saturated rings. The van der Waals surface area contributed by atoms with Crippen LogP contribution in [0, 0.1) is 0 Å². The molecule has 15 heteroatoms. The van der Waals surface area contributed by atoms with Crippen LogP contribution in [0.3, 0.4) is 0 Å². The Hall–Kier alpha value is -5.35. The van der Waals surface area contributed by atoms with Gasteiger partial charge >= 0.3 is 0 Å². The number of fused-ring (bicyclic) bond motifs is 3. The molecule has 294 valence electrons. The quantitative estimate of drug-likeness (QED) is 0.107. The number of nitrogens with two attached hydrogens (primary N) is 2. The SMILES string of the molecule is COc1cc(-c2cc3c(cn2)Sc2ncccc2CN[C@@H](CCCN)C(=O)N[C@@H](CCCCN)C(=O)N(C)[C@@H](Cc2c[nH]c4ccccc24)C(=O)NC3)ccn1. The number of benzene rings is 1. The molecule has 1 aliphatic rings. The van der Waals surface area contributed by atoms with Gasteiger partial charge in [0.15, 0.2) is 0 Å². The molecule has 4 aromatic heterocycles. The van der Waals surface area contributed by atoms with Crippen LogP contribution in [0.5, 0.6) is 5.88 Å². The number of amides is 3. The van der Waals surface area contributed by atoms with Crippen molar-refractivity contribution in [1.82, 2.24) is 40.8 Å². The van der Waals surface area contributed by atoms with Crippen LogP contribution in [-0.4, -0.2) is 87.9 Å². The van der Waals surface area contributed by atoms with E-state index in [1.54, 1.807) is 38.8 Å². The molecule has 3 amide bonds. The number of H-pyrrole nitrogens is 1. The number of hydrogen-bond acceptors (Lipinski definition) is 11. The van der Waals surface area contributed by atoms with Crippen LogP contribution in [0.25, 0.3) is 22.2 Å². The molecule has 56 heavy (non-hydrogen) atoms. The second kappa shape index (κ2) is 19.5. The van der Waals surface area contributed by atoms with E-state index < -0.39 is 18.1 Å². The third-order valence-electron chi connectivity index (χ3n) is 10.0. The Balaban J connectivity index is 1.43. The van der Waals surface area contributed by atoms with Crippen molar-refractivity contribution in [2.45, 2.75) is 79.7 Å². The maximum atomic E-state index is 14.5. The van der Waals surface area contributed by atoms with Gasteiger partial charge in [0.1, 0.15) is 17.1 Å². The molecule has 0 aliphatic carbocycles. The molecule has 6 rings (SSSR count). The summed E-state index contributed by atoms with van der Waals surface area (Å²) >= 11 is 1.43. The summed E-state index contributed by atoms with van der Waals surface area (Å²) in [6.07, 6.45) is 10.0. The van der Waals surface area contributed by atoms with Gasteiger partial charge in [-0.3, -0.25) is 19.4 Å². The van der Waals surface area contributed by atoms with Crippen molar-refractivity contribution in [2.75, 3.05) is 27.2 Å². The van der Waals surface area contributed by atoms with Gasteiger partial charge in [-0.2, -0.15) is 0 Å². The summed E-state index contributed by atoms with van der Waals surface area (Å²) in [6, 6.07) is 14.8. The fourth-order valence-corrected chi connectivity index (χ4v) is 7.79. The van der Waals surface area contributed by atoms with Gasteiger partial charge in [-0.1, -0.05) is 36.0 Å². The Bertz CT molecular complexity index is 2130. The predicted octanol–water partition coefficient (Wildman–Crippen LogP) is 3.69. The molecule has 0 radical (unpaired) electrons. The topological polar surface area (TPSA) is 206 Å². The number of carbonyl (C=O) groups excluding carboxylic acids is 3. The molecule has 1 aromatic carbocycles. The van der Waals surface area contributed by atoms with E-state index in [1.165, 1.54) is 16.7 Å². The minimum atomic E-state index is -0.915. The molecule has 5 aromatic rings. The highest BCUT2D eigenvalue weighted by Crippen LogP contribution is 2.33. The highest BCUT2D eigenvalue weighted by molar-refractivity contribution is 7.99. The van der Waals surface area contributed by atoms with Gasteiger partial charge in [-0.05, 0) is 86.1 Å². The van der Waals surface area contributed by atoms with Crippen LogP contribution in [0.4, 0.5) is 0 Å². The maximum Gasteiger partial charge on any atom is 0.245 e. The first-order valence-electron chi connectivity index (χ1n) is 18.9. The summed E-state index contributed by atoms with van der Waals surface area (Å²) in [5.74, 6) is -0.565. The van der Waals surface area contributed by atoms with E-state index in [9.17, 15) is 14.4 Å². The van der Waals surface area contributed by atoms with Crippen LogP contribution < -0.4 is 32.2 Å². The van der Waals surface area contributed by atoms with Crippen molar-refractivity contribution >= 4 is 40.4 Å². The highest BCUT2D eigenvalue weighted by Gasteiger charge is 2.34. The molecule has 0 saturated carbocycles. The number of aromatic nitrogens is 4. The summed E-state index contributed by atoms with van der Waals surface area (Å²) < 4.78 is 5.37. The molecular weight excluding hydrogens is 729 g/mol. The number of methoxy groups -OCH3 is 1. The fraction of sp³-hybridized carbons (Fsp3) is 0.366. The van der Waals surface area contributed by atoms with Gasteiger partial charge in [-0.15, -0.1) is 0 Å². The van der Waals surface area contributed by atoms with Crippen molar-refractivity contribution < 1.29 is 19.1 Å². The van der Waals surface area contributed by atoms with Crippen LogP contribution in [0.1, 0.15) is 48.8 Å². The first-order chi connectivity index (χ1) is 27.3. The summed E-state index contributed by atoms with van der Waals surface area (Å²) in [6.45, 7) is 1.34. The fourth-order valence-electron chi connectivity index (χ4n) is 6.82.